The Kier molecular flexibility index (Phi) is 5.81. The van der Waals surface area contributed by atoms with Crippen LogP contribution >= 0.6 is 0 Å². The SMILES string of the molecule is Cc1ccc(OCCCCNC(=O)C2CCC2C(=O)O)cc1. The fraction of sp³-hybridized carbons (Fsp3) is 0.529. The summed E-state index contributed by atoms with van der Waals surface area (Å²) >= 11 is 0. The van der Waals surface area contributed by atoms with Crippen molar-refractivity contribution in [3.63, 3.8) is 0 Å². The van der Waals surface area contributed by atoms with E-state index in [-0.39, 0.29) is 11.8 Å². The van der Waals surface area contributed by atoms with Crippen LogP contribution in [-0.4, -0.2) is 30.1 Å². The number of carboxylic acids is 1. The molecule has 2 rings (SSSR count). The maximum absolute atomic E-state index is 11.8. The quantitative estimate of drug-likeness (QED) is 0.723. The number of aryl methyl sites for hydroxylation is 1. The lowest BCUT2D eigenvalue weighted by molar-refractivity contribution is -0.152. The molecule has 5 nitrogen and oxygen atoms in total. The second-order valence-electron chi connectivity index (χ2n) is 5.79. The van der Waals surface area contributed by atoms with Gasteiger partial charge in [-0.25, -0.2) is 0 Å². The first-order chi connectivity index (χ1) is 10.6. The molecular weight excluding hydrogens is 282 g/mol. The summed E-state index contributed by atoms with van der Waals surface area (Å²) in [5.74, 6) is -0.976. The van der Waals surface area contributed by atoms with E-state index in [1.54, 1.807) is 0 Å². The van der Waals surface area contributed by atoms with E-state index in [1.807, 2.05) is 31.2 Å². The molecular formula is C17H23NO4. The molecule has 2 atom stereocenters. The molecule has 0 aromatic heterocycles. The number of aliphatic carboxylic acids is 1. The zero-order chi connectivity index (χ0) is 15.9. The molecule has 120 valence electrons. The van der Waals surface area contributed by atoms with Gasteiger partial charge in [0.15, 0.2) is 0 Å². The number of carboxylic acid groups (broad SMARTS) is 1. The lowest BCUT2D eigenvalue weighted by Crippen LogP contribution is -2.44. The Morgan fingerprint density at radius 2 is 1.86 bits per heavy atom. The minimum absolute atomic E-state index is 0.127. The predicted octanol–water partition coefficient (Wildman–Crippen LogP) is 2.38. The summed E-state index contributed by atoms with van der Waals surface area (Å²) in [5, 5.41) is 11.7. The highest BCUT2D eigenvalue weighted by Crippen LogP contribution is 2.34. The van der Waals surface area contributed by atoms with Crippen LogP contribution in [0.25, 0.3) is 0 Å². The average Bonchev–Trinajstić information content (AvgIpc) is 2.42. The number of carbonyl (C=O) groups excluding carboxylic acids is 1. The van der Waals surface area contributed by atoms with E-state index in [2.05, 4.69) is 5.32 Å². The predicted molar refractivity (Wildman–Crippen MR) is 82.8 cm³/mol. The Bertz CT molecular complexity index is 512. The first-order valence-corrected chi connectivity index (χ1v) is 7.78. The molecule has 0 bridgehead atoms. The lowest BCUT2D eigenvalue weighted by Gasteiger charge is -2.31. The highest BCUT2D eigenvalue weighted by atomic mass is 16.5. The van der Waals surface area contributed by atoms with Gasteiger partial charge in [0, 0.05) is 6.54 Å². The van der Waals surface area contributed by atoms with E-state index in [9.17, 15) is 9.59 Å². The van der Waals surface area contributed by atoms with Crippen molar-refractivity contribution in [3.05, 3.63) is 29.8 Å². The monoisotopic (exact) mass is 305 g/mol. The van der Waals surface area contributed by atoms with Crippen LogP contribution in [0.2, 0.25) is 0 Å². The van der Waals surface area contributed by atoms with Gasteiger partial charge >= 0.3 is 5.97 Å². The van der Waals surface area contributed by atoms with Crippen LogP contribution in [0.1, 0.15) is 31.2 Å². The van der Waals surface area contributed by atoms with E-state index < -0.39 is 11.9 Å². The van der Waals surface area contributed by atoms with E-state index in [0.29, 0.717) is 26.0 Å². The van der Waals surface area contributed by atoms with Crippen LogP contribution in [0.15, 0.2) is 24.3 Å². The largest absolute Gasteiger partial charge is 0.494 e. The fourth-order valence-corrected chi connectivity index (χ4v) is 2.50. The Morgan fingerprint density at radius 1 is 1.18 bits per heavy atom. The minimum Gasteiger partial charge on any atom is -0.494 e. The Hall–Kier alpha value is -2.04. The molecule has 0 saturated heterocycles. The first-order valence-electron chi connectivity index (χ1n) is 7.78. The maximum Gasteiger partial charge on any atom is 0.307 e. The van der Waals surface area contributed by atoms with Crippen LogP contribution in [-0.2, 0) is 9.59 Å². The number of nitrogens with one attached hydrogen (secondary N) is 1. The van der Waals surface area contributed by atoms with Gasteiger partial charge in [0.1, 0.15) is 5.75 Å². The van der Waals surface area contributed by atoms with Crippen LogP contribution in [0.3, 0.4) is 0 Å². The second kappa shape index (κ2) is 7.82. The van der Waals surface area contributed by atoms with Gasteiger partial charge in [-0.05, 0) is 44.7 Å². The van der Waals surface area contributed by atoms with Crippen molar-refractivity contribution in [1.82, 2.24) is 5.32 Å². The molecule has 1 fully saturated rings. The molecule has 5 heteroatoms. The van der Waals surface area contributed by atoms with Gasteiger partial charge in [-0.2, -0.15) is 0 Å². The summed E-state index contributed by atoms with van der Waals surface area (Å²) in [6.45, 7) is 3.21. The highest BCUT2D eigenvalue weighted by molar-refractivity contribution is 5.86. The molecule has 1 aromatic rings. The Balaban J connectivity index is 1.55. The van der Waals surface area contributed by atoms with Crippen molar-refractivity contribution >= 4 is 11.9 Å². The van der Waals surface area contributed by atoms with Crippen molar-refractivity contribution < 1.29 is 19.4 Å². The third-order valence-corrected chi connectivity index (χ3v) is 4.09. The van der Waals surface area contributed by atoms with Crippen molar-refractivity contribution in [2.24, 2.45) is 11.8 Å². The molecule has 1 aliphatic carbocycles. The Labute approximate surface area is 130 Å². The summed E-state index contributed by atoms with van der Waals surface area (Å²) < 4.78 is 5.61. The van der Waals surface area contributed by atoms with Crippen molar-refractivity contribution in [2.75, 3.05) is 13.2 Å². The zero-order valence-corrected chi connectivity index (χ0v) is 12.9. The number of unbranched alkanes of at least 4 members (excludes halogenated alkanes) is 1. The number of carbonyl (C=O) groups is 2. The van der Waals surface area contributed by atoms with Crippen LogP contribution < -0.4 is 10.1 Å². The topological polar surface area (TPSA) is 75.6 Å². The molecule has 1 saturated carbocycles. The lowest BCUT2D eigenvalue weighted by atomic mass is 9.73. The summed E-state index contributed by atoms with van der Waals surface area (Å²) in [4.78, 5) is 22.7. The standard InChI is InChI=1S/C17H23NO4/c1-12-4-6-13(7-5-12)22-11-3-2-10-18-16(19)14-8-9-15(14)17(20)21/h4-7,14-15H,2-3,8-11H2,1H3,(H,18,19)(H,20,21). The molecule has 0 spiro atoms. The molecule has 1 amide bonds. The van der Waals surface area contributed by atoms with Gasteiger partial charge in [0.25, 0.3) is 0 Å². The van der Waals surface area contributed by atoms with Crippen molar-refractivity contribution in [2.45, 2.75) is 32.6 Å². The third-order valence-electron chi connectivity index (χ3n) is 4.09. The number of hydrogen-bond donors (Lipinski definition) is 2. The summed E-state index contributed by atoms with van der Waals surface area (Å²) in [6.07, 6.45) is 2.96. The van der Waals surface area contributed by atoms with Crippen LogP contribution in [0.4, 0.5) is 0 Å². The maximum atomic E-state index is 11.8. The van der Waals surface area contributed by atoms with Gasteiger partial charge in [0.05, 0.1) is 18.4 Å². The smallest absolute Gasteiger partial charge is 0.307 e. The third kappa shape index (κ3) is 4.48. The van der Waals surface area contributed by atoms with E-state index in [0.717, 1.165) is 18.6 Å². The highest BCUT2D eigenvalue weighted by Gasteiger charge is 2.41. The Morgan fingerprint density at radius 3 is 2.45 bits per heavy atom. The average molecular weight is 305 g/mol. The molecule has 0 aliphatic heterocycles. The summed E-state index contributed by atoms with van der Waals surface area (Å²) in [5.41, 5.74) is 1.20. The van der Waals surface area contributed by atoms with E-state index in [4.69, 9.17) is 9.84 Å². The zero-order valence-electron chi connectivity index (χ0n) is 12.9. The summed E-state index contributed by atoms with van der Waals surface area (Å²) in [7, 11) is 0. The molecule has 2 N–H and O–H groups in total. The van der Waals surface area contributed by atoms with Gasteiger partial charge in [-0.3, -0.25) is 9.59 Å². The first kappa shape index (κ1) is 16.3. The van der Waals surface area contributed by atoms with Gasteiger partial charge < -0.3 is 15.2 Å². The molecule has 1 aliphatic rings. The van der Waals surface area contributed by atoms with Gasteiger partial charge in [-0.1, -0.05) is 17.7 Å². The number of rotatable bonds is 8. The number of hydrogen-bond acceptors (Lipinski definition) is 3. The molecule has 0 radical (unpaired) electrons. The summed E-state index contributed by atoms with van der Waals surface area (Å²) in [6, 6.07) is 7.90. The molecule has 0 heterocycles. The second-order valence-corrected chi connectivity index (χ2v) is 5.79. The molecule has 22 heavy (non-hydrogen) atoms. The minimum atomic E-state index is -0.863. The van der Waals surface area contributed by atoms with Crippen molar-refractivity contribution in [1.29, 1.82) is 0 Å². The number of ether oxygens (including phenoxy) is 1. The van der Waals surface area contributed by atoms with E-state index >= 15 is 0 Å². The van der Waals surface area contributed by atoms with Crippen molar-refractivity contribution in [3.8, 4) is 5.75 Å². The fourth-order valence-electron chi connectivity index (χ4n) is 2.50. The van der Waals surface area contributed by atoms with E-state index in [1.165, 1.54) is 5.56 Å². The van der Waals surface area contributed by atoms with Gasteiger partial charge in [0.2, 0.25) is 5.91 Å². The number of amides is 1. The molecule has 1 aromatic carbocycles. The number of benzene rings is 1. The molecule has 2 unspecified atom stereocenters. The van der Waals surface area contributed by atoms with Crippen LogP contribution in [0.5, 0.6) is 5.75 Å². The normalized spacial score (nSPS) is 20.0. The van der Waals surface area contributed by atoms with Gasteiger partial charge in [-0.15, -0.1) is 0 Å². The van der Waals surface area contributed by atoms with Crippen LogP contribution in [0, 0.1) is 18.8 Å².